The van der Waals surface area contributed by atoms with Gasteiger partial charge < -0.3 is 33.7 Å². The van der Waals surface area contributed by atoms with Crippen LogP contribution in [0.5, 0.6) is 0 Å². The monoisotopic (exact) mass is 773 g/mol. The molecule has 7 atom stereocenters. The molecular weight excluding hydrogens is 710 g/mol. The van der Waals surface area contributed by atoms with Crippen molar-refractivity contribution in [1.82, 2.24) is 10.6 Å². The lowest BCUT2D eigenvalue weighted by atomic mass is 9.92. The molecule has 1 aliphatic heterocycles. The number of ether oxygens (including phenoxy) is 6. The van der Waals surface area contributed by atoms with Crippen molar-refractivity contribution in [2.45, 2.75) is 159 Å². The summed E-state index contributed by atoms with van der Waals surface area (Å²) in [5, 5.41) is 16.5. The fraction of sp³-hybridized carbons (Fsp3) is 0.707. The Labute approximate surface area is 326 Å². The van der Waals surface area contributed by atoms with Crippen molar-refractivity contribution in [2.75, 3.05) is 6.61 Å². The first-order chi connectivity index (χ1) is 24.9. The molecule has 0 saturated carbocycles. The zero-order valence-electron chi connectivity index (χ0n) is 35.3. The maximum absolute atomic E-state index is 13.7. The zero-order chi connectivity index (χ0) is 42.3. The largest absolute Gasteiger partial charge is 0.462 e. The first-order valence-electron chi connectivity index (χ1n) is 18.6. The van der Waals surface area contributed by atoms with Crippen LogP contribution < -0.4 is 10.6 Å². The Bertz CT molecular complexity index is 1540. The second kappa shape index (κ2) is 18.2. The van der Waals surface area contributed by atoms with Crippen LogP contribution in [0.2, 0.25) is 0 Å². The molecule has 14 nitrogen and oxygen atoms in total. The van der Waals surface area contributed by atoms with E-state index in [-0.39, 0.29) is 6.42 Å². The van der Waals surface area contributed by atoms with Crippen molar-refractivity contribution in [3.8, 4) is 6.07 Å². The third-order valence-electron chi connectivity index (χ3n) is 8.08. The number of hydrogen-bond donors (Lipinski definition) is 2. The molecular formula is C41H63N3O11. The normalized spacial score (nSPS) is 21.9. The van der Waals surface area contributed by atoms with Crippen molar-refractivity contribution in [2.24, 2.45) is 21.7 Å². The molecule has 1 saturated heterocycles. The van der Waals surface area contributed by atoms with E-state index in [1.54, 1.807) is 104 Å². The van der Waals surface area contributed by atoms with Gasteiger partial charge in [0.05, 0.1) is 33.8 Å². The minimum absolute atomic E-state index is 0.158. The van der Waals surface area contributed by atoms with Crippen LogP contribution in [0.3, 0.4) is 0 Å². The van der Waals surface area contributed by atoms with E-state index in [2.05, 4.69) is 16.7 Å². The molecule has 1 fully saturated rings. The summed E-state index contributed by atoms with van der Waals surface area (Å²) < 4.78 is 35.9. The Morgan fingerprint density at radius 2 is 1.15 bits per heavy atom. The standard InChI is InChI=1S/C41H63N3O11/c1-37(2,3)32(45)50-23-27-28(52-33(46)38(4,5)6)29(53-34(47)39(7,8)9)30(54-35(48)40(10,11)12)31(51-27)43-26(22-42)25(21-24-19-17-16-18-20-24)44-36(49)55-41(13,14)15/h16-20,25-31,43H,21,23H2,1-15H3,(H,44,49)/t25-,26+,27-,28-,29+,30-,31-/m1/s1. The average molecular weight is 774 g/mol. The fourth-order valence-electron chi connectivity index (χ4n) is 4.86. The number of amides is 1. The van der Waals surface area contributed by atoms with E-state index in [9.17, 15) is 29.2 Å². The van der Waals surface area contributed by atoms with Crippen molar-refractivity contribution < 1.29 is 52.4 Å². The summed E-state index contributed by atoms with van der Waals surface area (Å²) in [6, 6.07) is 9.12. The van der Waals surface area contributed by atoms with Gasteiger partial charge in [0, 0.05) is 0 Å². The van der Waals surface area contributed by atoms with Crippen LogP contribution in [0.1, 0.15) is 109 Å². The fourth-order valence-corrected chi connectivity index (χ4v) is 4.86. The predicted octanol–water partition coefficient (Wildman–Crippen LogP) is 5.79. The van der Waals surface area contributed by atoms with Crippen LogP contribution >= 0.6 is 0 Å². The molecule has 1 amide bonds. The number of carbonyl (C=O) groups is 5. The maximum atomic E-state index is 13.7. The highest BCUT2D eigenvalue weighted by Crippen LogP contribution is 2.34. The quantitative estimate of drug-likeness (QED) is 0.203. The number of nitriles is 1. The van der Waals surface area contributed by atoms with Gasteiger partial charge in [0.1, 0.15) is 24.4 Å². The molecule has 0 aromatic heterocycles. The molecule has 0 bridgehead atoms. The van der Waals surface area contributed by atoms with Gasteiger partial charge in [0.2, 0.25) is 0 Å². The summed E-state index contributed by atoms with van der Waals surface area (Å²) in [7, 11) is 0. The summed E-state index contributed by atoms with van der Waals surface area (Å²) in [4.78, 5) is 67.0. The SMILES string of the molecule is CC(C)(C)OC(=O)N[C@H](Cc1ccccc1)[C@H](C#N)N[C@@H]1O[C@H](COC(=O)C(C)(C)C)[C@@H](OC(=O)C(C)(C)C)[C@H](OC(=O)C(C)(C)C)[C@H]1OC(=O)C(C)(C)C. The molecule has 1 aromatic carbocycles. The average Bonchev–Trinajstić information content (AvgIpc) is 3.02. The van der Waals surface area contributed by atoms with E-state index in [0.717, 1.165) is 5.56 Å². The van der Waals surface area contributed by atoms with Crippen LogP contribution in [0.15, 0.2) is 30.3 Å². The maximum Gasteiger partial charge on any atom is 0.407 e. The molecule has 1 heterocycles. The summed E-state index contributed by atoms with van der Waals surface area (Å²) in [5.74, 6) is -2.73. The first kappa shape index (κ1) is 46.9. The van der Waals surface area contributed by atoms with E-state index in [1.165, 1.54) is 0 Å². The Hall–Kier alpha value is -4.22. The molecule has 14 heteroatoms. The number of carbonyl (C=O) groups excluding carboxylic acids is 5. The first-order valence-corrected chi connectivity index (χ1v) is 18.6. The number of esters is 4. The number of benzene rings is 1. The molecule has 0 radical (unpaired) electrons. The van der Waals surface area contributed by atoms with Crippen molar-refractivity contribution in [1.29, 1.82) is 5.26 Å². The minimum atomic E-state index is -1.53. The van der Waals surface area contributed by atoms with Gasteiger partial charge >= 0.3 is 30.0 Å². The van der Waals surface area contributed by atoms with Crippen LogP contribution in [-0.2, 0) is 54.0 Å². The zero-order valence-corrected chi connectivity index (χ0v) is 35.3. The van der Waals surface area contributed by atoms with Crippen LogP contribution in [0.4, 0.5) is 4.79 Å². The van der Waals surface area contributed by atoms with Gasteiger partial charge in [-0.25, -0.2) is 4.79 Å². The molecule has 0 unspecified atom stereocenters. The summed E-state index contributed by atoms with van der Waals surface area (Å²) in [6.45, 7) is 24.3. The Balaban J connectivity index is 2.82. The van der Waals surface area contributed by atoms with Gasteiger partial charge in [0.25, 0.3) is 0 Å². The van der Waals surface area contributed by atoms with E-state index in [1.807, 2.05) is 30.3 Å². The topological polar surface area (TPSA) is 189 Å². The lowest BCUT2D eigenvalue weighted by Gasteiger charge is -2.47. The van der Waals surface area contributed by atoms with Crippen LogP contribution in [0, 0.1) is 33.0 Å². The predicted molar refractivity (Wildman–Crippen MR) is 203 cm³/mol. The lowest BCUT2D eigenvalue weighted by molar-refractivity contribution is -0.265. The number of rotatable bonds is 11. The van der Waals surface area contributed by atoms with Crippen molar-refractivity contribution in [3.63, 3.8) is 0 Å². The Kier molecular flexibility index (Phi) is 15.5. The highest BCUT2D eigenvalue weighted by atomic mass is 16.7. The van der Waals surface area contributed by atoms with E-state index in [4.69, 9.17) is 28.4 Å². The molecule has 1 aromatic rings. The van der Waals surface area contributed by atoms with E-state index < -0.39 is 107 Å². The van der Waals surface area contributed by atoms with Gasteiger partial charge in [-0.1, -0.05) is 30.3 Å². The van der Waals surface area contributed by atoms with Crippen LogP contribution in [-0.4, -0.2) is 84.9 Å². The van der Waals surface area contributed by atoms with Gasteiger partial charge in [-0.2, -0.15) is 5.26 Å². The molecule has 1 aliphatic rings. The van der Waals surface area contributed by atoms with Gasteiger partial charge in [-0.15, -0.1) is 0 Å². The van der Waals surface area contributed by atoms with E-state index in [0.29, 0.717) is 0 Å². The second-order valence-corrected chi connectivity index (χ2v) is 19.0. The van der Waals surface area contributed by atoms with Crippen molar-refractivity contribution in [3.05, 3.63) is 35.9 Å². The number of alkyl carbamates (subject to hydrolysis) is 1. The number of nitrogens with one attached hydrogen (secondary N) is 2. The summed E-state index contributed by atoms with van der Waals surface area (Å²) >= 11 is 0. The second-order valence-electron chi connectivity index (χ2n) is 19.0. The third-order valence-corrected chi connectivity index (χ3v) is 8.08. The third kappa shape index (κ3) is 14.7. The van der Waals surface area contributed by atoms with Gasteiger partial charge in [0.15, 0.2) is 24.5 Å². The highest BCUT2D eigenvalue weighted by molar-refractivity contribution is 5.78. The molecule has 2 N–H and O–H groups in total. The molecule has 0 aliphatic carbocycles. The number of hydrogen-bond acceptors (Lipinski definition) is 13. The van der Waals surface area contributed by atoms with Gasteiger partial charge in [-0.3, -0.25) is 24.5 Å². The smallest absolute Gasteiger partial charge is 0.407 e. The van der Waals surface area contributed by atoms with Gasteiger partial charge in [-0.05, 0) is 116 Å². The molecule has 308 valence electrons. The molecule has 0 spiro atoms. The summed E-state index contributed by atoms with van der Waals surface area (Å²) in [5.41, 5.74) is -4.16. The molecule has 2 rings (SSSR count). The Morgan fingerprint density at radius 3 is 1.58 bits per heavy atom. The lowest BCUT2D eigenvalue weighted by Crippen LogP contribution is -2.68. The minimum Gasteiger partial charge on any atom is -0.462 e. The Morgan fingerprint density at radius 1 is 0.691 bits per heavy atom. The highest BCUT2D eigenvalue weighted by Gasteiger charge is 2.55. The van der Waals surface area contributed by atoms with Crippen molar-refractivity contribution >= 4 is 30.0 Å². The number of nitrogens with zero attached hydrogens (tertiary/aromatic N) is 1. The summed E-state index contributed by atoms with van der Waals surface area (Å²) in [6.07, 6.45) is -7.89. The van der Waals surface area contributed by atoms with E-state index >= 15 is 0 Å². The molecule has 55 heavy (non-hydrogen) atoms. The van der Waals surface area contributed by atoms with Crippen LogP contribution in [0.25, 0.3) is 0 Å².